The molecule has 0 aliphatic heterocycles. The van der Waals surface area contributed by atoms with Gasteiger partial charge >= 0.3 is 5.63 Å². The van der Waals surface area contributed by atoms with E-state index in [1.807, 2.05) is 32.0 Å². The Labute approximate surface area is 167 Å². The van der Waals surface area contributed by atoms with Crippen LogP contribution in [0.2, 0.25) is 0 Å². The minimum absolute atomic E-state index is 0.123. The fourth-order valence-electron chi connectivity index (χ4n) is 3.80. The molecule has 2 aromatic heterocycles. The van der Waals surface area contributed by atoms with Crippen LogP contribution in [0.1, 0.15) is 47.0 Å². The summed E-state index contributed by atoms with van der Waals surface area (Å²) >= 11 is 1.58. The molecule has 1 N–H and O–H groups in total. The number of aromatic nitrogens is 1. The van der Waals surface area contributed by atoms with E-state index in [4.69, 9.17) is 4.42 Å². The normalized spacial score (nSPS) is 16.2. The first kappa shape index (κ1) is 18.9. The third-order valence-electron chi connectivity index (χ3n) is 5.48. The van der Waals surface area contributed by atoms with Crippen LogP contribution in [0, 0.1) is 19.8 Å². The quantitative estimate of drug-likeness (QED) is 0.656. The second-order valence-electron chi connectivity index (χ2n) is 7.78. The molecule has 0 bridgehead atoms. The number of fused-ring (bicyclic) bond motifs is 2. The predicted molar refractivity (Wildman–Crippen MR) is 112 cm³/mol. The minimum Gasteiger partial charge on any atom is -0.423 e. The lowest BCUT2D eigenvalue weighted by Gasteiger charge is -2.15. The molecule has 28 heavy (non-hydrogen) atoms. The van der Waals surface area contributed by atoms with E-state index < -0.39 is 0 Å². The van der Waals surface area contributed by atoms with Crippen LogP contribution in [0.5, 0.6) is 0 Å². The van der Waals surface area contributed by atoms with Crippen LogP contribution >= 0.6 is 11.3 Å². The number of nitrogens with one attached hydrogen (secondary N) is 1. The third-order valence-corrected chi connectivity index (χ3v) is 6.51. The molecule has 1 atom stereocenters. The van der Waals surface area contributed by atoms with Gasteiger partial charge in [0.15, 0.2) is 5.13 Å². The van der Waals surface area contributed by atoms with Gasteiger partial charge in [0.2, 0.25) is 5.91 Å². The smallest absolute Gasteiger partial charge is 0.339 e. The van der Waals surface area contributed by atoms with Gasteiger partial charge in [0.05, 0.1) is 5.69 Å². The Morgan fingerprint density at radius 1 is 1.36 bits per heavy atom. The zero-order valence-corrected chi connectivity index (χ0v) is 17.2. The molecule has 1 aliphatic carbocycles. The van der Waals surface area contributed by atoms with Gasteiger partial charge in [-0.15, -0.1) is 11.3 Å². The molecule has 2 heterocycles. The van der Waals surface area contributed by atoms with Crippen molar-refractivity contribution in [2.24, 2.45) is 5.92 Å². The van der Waals surface area contributed by atoms with Gasteiger partial charge in [0.25, 0.3) is 0 Å². The van der Waals surface area contributed by atoms with Crippen molar-refractivity contribution in [1.82, 2.24) is 4.98 Å². The maximum atomic E-state index is 12.4. The van der Waals surface area contributed by atoms with E-state index in [9.17, 15) is 9.59 Å². The monoisotopic (exact) mass is 396 g/mol. The Balaban J connectivity index is 1.47. The fourth-order valence-corrected chi connectivity index (χ4v) is 4.99. The van der Waals surface area contributed by atoms with Gasteiger partial charge in [-0.05, 0) is 62.6 Å². The number of anilines is 1. The van der Waals surface area contributed by atoms with Crippen LogP contribution in [0.25, 0.3) is 11.0 Å². The van der Waals surface area contributed by atoms with Crippen LogP contribution in [-0.2, 0) is 24.1 Å². The van der Waals surface area contributed by atoms with Gasteiger partial charge in [-0.2, -0.15) is 0 Å². The molecule has 0 saturated carbocycles. The summed E-state index contributed by atoms with van der Waals surface area (Å²) < 4.78 is 5.47. The number of amides is 1. The van der Waals surface area contributed by atoms with E-state index >= 15 is 0 Å². The molecule has 1 aliphatic rings. The average Bonchev–Trinajstić information content (AvgIpc) is 3.02. The summed E-state index contributed by atoms with van der Waals surface area (Å²) in [6.07, 6.45) is 3.76. The topological polar surface area (TPSA) is 72.2 Å². The third kappa shape index (κ3) is 3.74. The predicted octanol–water partition coefficient (Wildman–Crippen LogP) is 4.56. The van der Waals surface area contributed by atoms with Crippen molar-refractivity contribution in [2.75, 3.05) is 5.32 Å². The number of thiazole rings is 1. The van der Waals surface area contributed by atoms with Gasteiger partial charge < -0.3 is 9.73 Å². The summed E-state index contributed by atoms with van der Waals surface area (Å²) in [5, 5.41) is 4.49. The van der Waals surface area contributed by atoms with E-state index in [1.165, 1.54) is 4.88 Å². The number of aryl methyl sites for hydroxylation is 3. The lowest BCUT2D eigenvalue weighted by atomic mass is 9.93. The highest BCUT2D eigenvalue weighted by Gasteiger charge is 2.20. The molecule has 5 nitrogen and oxygen atoms in total. The Morgan fingerprint density at radius 3 is 3.00 bits per heavy atom. The first-order valence-electron chi connectivity index (χ1n) is 9.72. The van der Waals surface area contributed by atoms with E-state index in [-0.39, 0.29) is 18.0 Å². The summed E-state index contributed by atoms with van der Waals surface area (Å²) in [6.45, 7) is 6.13. The maximum Gasteiger partial charge on any atom is 0.339 e. The van der Waals surface area contributed by atoms with Gasteiger partial charge in [0, 0.05) is 22.2 Å². The van der Waals surface area contributed by atoms with Crippen molar-refractivity contribution in [3.63, 3.8) is 0 Å². The first-order chi connectivity index (χ1) is 13.4. The van der Waals surface area contributed by atoms with E-state index in [1.54, 1.807) is 11.3 Å². The van der Waals surface area contributed by atoms with Crippen molar-refractivity contribution in [2.45, 2.75) is 52.9 Å². The summed E-state index contributed by atoms with van der Waals surface area (Å²) in [5.41, 5.74) is 3.86. The number of carbonyl (C=O) groups excluding carboxylic acids is 1. The number of hydrogen-bond donors (Lipinski definition) is 1. The molecular formula is C22H24N2O3S. The Hall–Kier alpha value is -2.47. The highest BCUT2D eigenvalue weighted by Crippen LogP contribution is 2.32. The largest absolute Gasteiger partial charge is 0.423 e. The molecule has 1 amide bonds. The van der Waals surface area contributed by atoms with Gasteiger partial charge in [0.1, 0.15) is 5.58 Å². The zero-order valence-electron chi connectivity index (χ0n) is 16.4. The van der Waals surface area contributed by atoms with Crippen LogP contribution in [-0.4, -0.2) is 10.9 Å². The molecule has 146 valence electrons. The van der Waals surface area contributed by atoms with Crippen molar-refractivity contribution < 1.29 is 9.21 Å². The highest BCUT2D eigenvalue weighted by atomic mass is 32.1. The van der Waals surface area contributed by atoms with Gasteiger partial charge in [-0.1, -0.05) is 19.1 Å². The summed E-state index contributed by atoms with van der Waals surface area (Å²) in [4.78, 5) is 30.7. The lowest BCUT2D eigenvalue weighted by molar-refractivity contribution is -0.116. The highest BCUT2D eigenvalue weighted by molar-refractivity contribution is 7.15. The first-order valence-corrected chi connectivity index (χ1v) is 10.5. The number of rotatable bonds is 4. The van der Waals surface area contributed by atoms with Crippen molar-refractivity contribution in [3.8, 4) is 0 Å². The molecule has 0 unspecified atom stereocenters. The van der Waals surface area contributed by atoms with Crippen molar-refractivity contribution in [1.29, 1.82) is 0 Å². The molecule has 6 heteroatoms. The Morgan fingerprint density at radius 2 is 2.18 bits per heavy atom. The number of carbonyl (C=O) groups is 1. The fraction of sp³-hybridized carbons (Fsp3) is 0.409. The van der Waals surface area contributed by atoms with Crippen LogP contribution in [0.3, 0.4) is 0 Å². The molecule has 0 spiro atoms. The molecule has 0 fully saturated rings. The van der Waals surface area contributed by atoms with Gasteiger partial charge in [-0.25, -0.2) is 9.78 Å². The molecule has 4 rings (SSSR count). The standard InChI is InChI=1S/C22H24N2O3S/c1-12-4-6-15-14(3)16(21(26)27-18(15)10-12)7-9-20(25)24-22-23-17-8-5-13(2)11-19(17)28-22/h4,6,10,13H,5,7-9,11H2,1-3H3,(H,23,24,25)/t13-/m1/s1. The zero-order chi connectivity index (χ0) is 19.8. The van der Waals surface area contributed by atoms with Crippen molar-refractivity contribution >= 4 is 33.3 Å². The summed E-state index contributed by atoms with van der Waals surface area (Å²) in [7, 11) is 0. The SMILES string of the molecule is Cc1ccc2c(C)c(CCC(=O)Nc3nc4c(s3)C[C@H](C)CC4)c(=O)oc2c1. The average molecular weight is 397 g/mol. The van der Waals surface area contributed by atoms with Crippen LogP contribution in [0.4, 0.5) is 5.13 Å². The molecular weight excluding hydrogens is 372 g/mol. The van der Waals surface area contributed by atoms with Crippen molar-refractivity contribution in [3.05, 3.63) is 55.9 Å². The minimum atomic E-state index is -0.359. The number of hydrogen-bond acceptors (Lipinski definition) is 5. The van der Waals surface area contributed by atoms with E-state index in [0.29, 0.717) is 28.6 Å². The maximum absolute atomic E-state index is 12.4. The van der Waals surface area contributed by atoms with E-state index in [2.05, 4.69) is 17.2 Å². The Bertz CT molecular complexity index is 1110. The molecule has 0 radical (unpaired) electrons. The second kappa shape index (κ2) is 7.51. The van der Waals surface area contributed by atoms with Crippen LogP contribution in [0.15, 0.2) is 27.4 Å². The number of benzene rings is 1. The lowest BCUT2D eigenvalue weighted by Crippen LogP contribution is -2.16. The second-order valence-corrected chi connectivity index (χ2v) is 8.86. The summed E-state index contributed by atoms with van der Waals surface area (Å²) in [6, 6.07) is 5.83. The molecule has 0 saturated heterocycles. The molecule has 3 aromatic rings. The van der Waals surface area contributed by atoms with E-state index in [0.717, 1.165) is 41.5 Å². The number of nitrogens with zero attached hydrogens (tertiary/aromatic N) is 1. The van der Waals surface area contributed by atoms with Crippen LogP contribution < -0.4 is 10.9 Å². The van der Waals surface area contributed by atoms with Gasteiger partial charge in [-0.3, -0.25) is 4.79 Å². The Kier molecular flexibility index (Phi) is 5.06. The summed E-state index contributed by atoms with van der Waals surface area (Å²) in [5.74, 6) is 0.553. The molecule has 1 aromatic carbocycles.